The van der Waals surface area contributed by atoms with E-state index in [2.05, 4.69) is 15.5 Å². The first-order chi connectivity index (χ1) is 11.6. The SMILES string of the molecule is Cc1cc(-c2ccc3c(c2)OCC3NC(=O)c2ocnc2C)no1. The third kappa shape index (κ3) is 2.44. The van der Waals surface area contributed by atoms with Gasteiger partial charge in [0.05, 0.1) is 11.7 Å². The van der Waals surface area contributed by atoms with E-state index < -0.39 is 0 Å². The average Bonchev–Trinajstić information content (AvgIpc) is 3.27. The standard InChI is InChI=1S/C17H15N3O4/c1-9-5-13(20-24-9)11-3-4-12-14(7-22-15(12)6-11)19-17(21)16-10(2)18-8-23-16/h3-6,8,14H,7H2,1-2H3,(H,19,21). The molecular formula is C17H15N3O4. The van der Waals surface area contributed by atoms with Gasteiger partial charge in [0, 0.05) is 17.2 Å². The van der Waals surface area contributed by atoms with Crippen LogP contribution in [0.4, 0.5) is 0 Å². The van der Waals surface area contributed by atoms with Crippen LogP contribution in [-0.2, 0) is 0 Å². The van der Waals surface area contributed by atoms with Gasteiger partial charge in [-0.25, -0.2) is 4.98 Å². The van der Waals surface area contributed by atoms with Gasteiger partial charge in [-0.05, 0) is 19.9 Å². The van der Waals surface area contributed by atoms with E-state index in [0.29, 0.717) is 12.3 Å². The summed E-state index contributed by atoms with van der Waals surface area (Å²) < 4.78 is 15.9. The number of nitrogens with zero attached hydrogens (tertiary/aromatic N) is 2. The number of carbonyl (C=O) groups is 1. The fourth-order valence-corrected chi connectivity index (χ4v) is 2.73. The first-order valence-corrected chi connectivity index (χ1v) is 7.53. The van der Waals surface area contributed by atoms with Crippen LogP contribution in [0, 0.1) is 13.8 Å². The van der Waals surface area contributed by atoms with Crippen LogP contribution >= 0.6 is 0 Å². The molecule has 2 aromatic heterocycles. The number of nitrogens with one attached hydrogen (secondary N) is 1. The van der Waals surface area contributed by atoms with Gasteiger partial charge in [-0.1, -0.05) is 17.3 Å². The maximum absolute atomic E-state index is 12.3. The predicted octanol–water partition coefficient (Wildman–Crippen LogP) is 2.81. The Morgan fingerprint density at radius 1 is 1.29 bits per heavy atom. The second-order valence-corrected chi connectivity index (χ2v) is 5.68. The third-order valence-corrected chi connectivity index (χ3v) is 3.98. The van der Waals surface area contributed by atoms with E-state index >= 15 is 0 Å². The second kappa shape index (κ2) is 5.52. The van der Waals surface area contributed by atoms with Gasteiger partial charge in [0.2, 0.25) is 5.76 Å². The van der Waals surface area contributed by atoms with Crippen molar-refractivity contribution in [2.24, 2.45) is 0 Å². The van der Waals surface area contributed by atoms with Crippen LogP contribution in [-0.4, -0.2) is 22.7 Å². The largest absolute Gasteiger partial charge is 0.491 e. The lowest BCUT2D eigenvalue weighted by molar-refractivity contribution is 0.0901. The highest BCUT2D eigenvalue weighted by molar-refractivity contribution is 5.92. The minimum atomic E-state index is -0.303. The zero-order valence-electron chi connectivity index (χ0n) is 13.2. The zero-order valence-corrected chi connectivity index (χ0v) is 13.2. The highest BCUT2D eigenvalue weighted by Gasteiger charge is 2.28. The van der Waals surface area contributed by atoms with Gasteiger partial charge in [0.1, 0.15) is 23.8 Å². The lowest BCUT2D eigenvalue weighted by Gasteiger charge is -2.10. The Balaban J connectivity index is 1.56. The summed E-state index contributed by atoms with van der Waals surface area (Å²) in [7, 11) is 0. The van der Waals surface area contributed by atoms with Crippen molar-refractivity contribution >= 4 is 5.91 Å². The summed E-state index contributed by atoms with van der Waals surface area (Å²) in [4.78, 5) is 16.2. The quantitative estimate of drug-likeness (QED) is 0.796. The molecule has 0 radical (unpaired) electrons. The van der Waals surface area contributed by atoms with E-state index in [4.69, 9.17) is 13.7 Å². The molecule has 0 bridgehead atoms. The summed E-state index contributed by atoms with van der Waals surface area (Å²) in [6.45, 7) is 3.94. The van der Waals surface area contributed by atoms with Gasteiger partial charge in [-0.15, -0.1) is 0 Å². The second-order valence-electron chi connectivity index (χ2n) is 5.68. The Labute approximate surface area is 137 Å². The molecule has 0 spiro atoms. The fourth-order valence-electron chi connectivity index (χ4n) is 2.73. The van der Waals surface area contributed by atoms with Crippen molar-refractivity contribution in [1.29, 1.82) is 0 Å². The van der Waals surface area contributed by atoms with Crippen molar-refractivity contribution in [2.75, 3.05) is 6.61 Å². The Hall–Kier alpha value is -3.09. The van der Waals surface area contributed by atoms with Crippen molar-refractivity contribution in [3.05, 3.63) is 53.4 Å². The van der Waals surface area contributed by atoms with E-state index in [1.165, 1.54) is 6.39 Å². The number of hydrogen-bond acceptors (Lipinski definition) is 6. The van der Waals surface area contributed by atoms with Gasteiger partial charge < -0.3 is 19.0 Å². The average molecular weight is 325 g/mol. The van der Waals surface area contributed by atoms with Gasteiger partial charge in [0.15, 0.2) is 6.39 Å². The lowest BCUT2D eigenvalue weighted by atomic mass is 10.0. The van der Waals surface area contributed by atoms with Gasteiger partial charge in [-0.3, -0.25) is 4.79 Å². The van der Waals surface area contributed by atoms with Crippen LogP contribution in [0.25, 0.3) is 11.3 Å². The number of ether oxygens (including phenoxy) is 1. The molecule has 3 aromatic rings. The molecule has 3 heterocycles. The van der Waals surface area contributed by atoms with Crippen molar-refractivity contribution in [2.45, 2.75) is 19.9 Å². The summed E-state index contributed by atoms with van der Waals surface area (Å²) in [5.41, 5.74) is 3.14. The molecule has 7 heteroatoms. The van der Waals surface area contributed by atoms with Crippen molar-refractivity contribution < 1.29 is 18.5 Å². The lowest BCUT2D eigenvalue weighted by Crippen LogP contribution is -2.29. The number of carbonyl (C=O) groups excluding carboxylic acids is 1. The minimum absolute atomic E-state index is 0.221. The van der Waals surface area contributed by atoms with Gasteiger partial charge in [-0.2, -0.15) is 0 Å². The van der Waals surface area contributed by atoms with Crippen molar-refractivity contribution in [3.8, 4) is 17.0 Å². The first-order valence-electron chi connectivity index (χ1n) is 7.53. The number of benzene rings is 1. The minimum Gasteiger partial charge on any atom is -0.491 e. The number of amides is 1. The van der Waals surface area contributed by atoms with E-state index in [0.717, 1.165) is 28.3 Å². The number of oxazole rings is 1. The third-order valence-electron chi connectivity index (χ3n) is 3.98. The Bertz CT molecular complexity index is 912. The van der Waals surface area contributed by atoms with Crippen LogP contribution in [0.5, 0.6) is 5.75 Å². The molecule has 0 aliphatic carbocycles. The molecule has 0 saturated heterocycles. The normalized spacial score (nSPS) is 15.8. The topological polar surface area (TPSA) is 90.4 Å². The number of aromatic nitrogens is 2. The first kappa shape index (κ1) is 14.5. The fraction of sp³-hybridized carbons (Fsp3) is 0.235. The summed E-state index contributed by atoms with van der Waals surface area (Å²) in [6, 6.07) is 7.40. The van der Waals surface area contributed by atoms with E-state index in [1.807, 2.05) is 31.2 Å². The Morgan fingerprint density at radius 3 is 2.88 bits per heavy atom. The highest BCUT2D eigenvalue weighted by Crippen LogP contribution is 2.36. The molecule has 7 nitrogen and oxygen atoms in total. The smallest absolute Gasteiger partial charge is 0.289 e. The van der Waals surface area contributed by atoms with Gasteiger partial charge >= 0.3 is 0 Å². The zero-order chi connectivity index (χ0) is 16.7. The molecule has 1 aliphatic heterocycles. The van der Waals surface area contributed by atoms with Crippen molar-refractivity contribution in [1.82, 2.24) is 15.5 Å². The molecule has 1 amide bonds. The molecule has 0 saturated carbocycles. The number of hydrogen-bond donors (Lipinski definition) is 1. The van der Waals surface area contributed by atoms with E-state index in [-0.39, 0.29) is 17.7 Å². The molecule has 122 valence electrons. The number of rotatable bonds is 3. The molecular weight excluding hydrogens is 310 g/mol. The number of fused-ring (bicyclic) bond motifs is 1. The van der Waals surface area contributed by atoms with Crippen LogP contribution in [0.2, 0.25) is 0 Å². The molecule has 24 heavy (non-hydrogen) atoms. The van der Waals surface area contributed by atoms with Crippen LogP contribution < -0.4 is 10.1 Å². The van der Waals surface area contributed by atoms with Crippen LogP contribution in [0.1, 0.15) is 33.6 Å². The van der Waals surface area contributed by atoms with Crippen LogP contribution in [0.3, 0.4) is 0 Å². The molecule has 4 rings (SSSR count). The molecule has 1 atom stereocenters. The monoisotopic (exact) mass is 325 g/mol. The highest BCUT2D eigenvalue weighted by atomic mass is 16.5. The summed E-state index contributed by atoms with van der Waals surface area (Å²) >= 11 is 0. The molecule has 1 unspecified atom stereocenters. The molecule has 0 fully saturated rings. The van der Waals surface area contributed by atoms with Crippen LogP contribution in [0.15, 0.2) is 39.6 Å². The molecule has 1 aromatic carbocycles. The summed E-state index contributed by atoms with van der Waals surface area (Å²) in [6.07, 6.45) is 1.26. The number of aryl methyl sites for hydroxylation is 2. The predicted molar refractivity (Wildman–Crippen MR) is 83.6 cm³/mol. The van der Waals surface area contributed by atoms with Gasteiger partial charge in [0.25, 0.3) is 5.91 Å². The molecule has 1 N–H and O–H groups in total. The van der Waals surface area contributed by atoms with E-state index in [9.17, 15) is 4.79 Å². The van der Waals surface area contributed by atoms with E-state index in [1.54, 1.807) is 6.92 Å². The summed E-state index contributed by atoms with van der Waals surface area (Å²) in [5.74, 6) is 1.40. The Morgan fingerprint density at radius 2 is 2.17 bits per heavy atom. The summed E-state index contributed by atoms with van der Waals surface area (Å²) in [5, 5.41) is 6.91. The molecule has 1 aliphatic rings. The maximum atomic E-state index is 12.3. The maximum Gasteiger partial charge on any atom is 0.289 e. The Kier molecular flexibility index (Phi) is 3.34. The van der Waals surface area contributed by atoms with Crippen molar-refractivity contribution in [3.63, 3.8) is 0 Å².